The molecule has 1 amide bonds. The Labute approximate surface area is 122 Å². The molecule has 0 heterocycles. The van der Waals surface area contributed by atoms with Crippen LogP contribution in [0.4, 0.5) is 0 Å². The van der Waals surface area contributed by atoms with Crippen molar-refractivity contribution in [3.05, 3.63) is 28.2 Å². The standard InChI is InChI=1S/C15H20BrNO2/c1-10(11-5-3-2-4-6-11)17-15(19)13-8-7-12(16)9-14(13)18/h7-11,18H,2-6H2,1H3,(H,17,19). The van der Waals surface area contributed by atoms with Crippen LogP contribution in [-0.2, 0) is 0 Å². The second-order valence-corrected chi connectivity index (χ2v) is 6.24. The Morgan fingerprint density at radius 1 is 1.37 bits per heavy atom. The molecule has 1 aliphatic carbocycles. The number of nitrogens with one attached hydrogen (secondary N) is 1. The molecule has 1 unspecified atom stereocenters. The highest BCUT2D eigenvalue weighted by Gasteiger charge is 2.22. The molecule has 4 heteroatoms. The molecule has 1 atom stereocenters. The van der Waals surface area contributed by atoms with E-state index in [1.807, 2.05) is 0 Å². The van der Waals surface area contributed by atoms with Gasteiger partial charge in [-0.3, -0.25) is 4.79 Å². The number of carbonyl (C=O) groups is 1. The lowest BCUT2D eigenvalue weighted by atomic mass is 9.84. The lowest BCUT2D eigenvalue weighted by Gasteiger charge is -2.28. The minimum Gasteiger partial charge on any atom is -0.507 e. The second kappa shape index (κ2) is 6.42. The number of phenols is 1. The number of hydrogen-bond acceptors (Lipinski definition) is 2. The lowest BCUT2D eigenvalue weighted by molar-refractivity contribution is 0.0916. The Balaban J connectivity index is 1.99. The third-order valence-corrected chi connectivity index (χ3v) is 4.41. The van der Waals surface area contributed by atoms with Crippen LogP contribution < -0.4 is 5.32 Å². The van der Waals surface area contributed by atoms with E-state index in [4.69, 9.17) is 0 Å². The highest BCUT2D eigenvalue weighted by atomic mass is 79.9. The summed E-state index contributed by atoms with van der Waals surface area (Å²) in [7, 11) is 0. The van der Waals surface area contributed by atoms with Crippen molar-refractivity contribution in [2.75, 3.05) is 0 Å². The zero-order valence-electron chi connectivity index (χ0n) is 11.2. The SMILES string of the molecule is CC(NC(=O)c1ccc(Br)cc1O)C1CCCCC1. The molecule has 0 aliphatic heterocycles. The van der Waals surface area contributed by atoms with Crippen LogP contribution in [0.1, 0.15) is 49.4 Å². The summed E-state index contributed by atoms with van der Waals surface area (Å²) < 4.78 is 0.766. The first kappa shape index (κ1) is 14.4. The fraction of sp³-hybridized carbons (Fsp3) is 0.533. The Bertz CT molecular complexity index is 455. The van der Waals surface area contributed by atoms with Crippen molar-refractivity contribution < 1.29 is 9.90 Å². The van der Waals surface area contributed by atoms with Crippen LogP contribution in [0.25, 0.3) is 0 Å². The first-order valence-corrected chi connectivity index (χ1v) is 7.66. The maximum atomic E-state index is 12.1. The van der Waals surface area contributed by atoms with E-state index in [0.29, 0.717) is 11.5 Å². The molecule has 0 spiro atoms. The quantitative estimate of drug-likeness (QED) is 0.886. The average molecular weight is 326 g/mol. The molecular weight excluding hydrogens is 306 g/mol. The minimum absolute atomic E-state index is 0.0164. The van der Waals surface area contributed by atoms with Crippen LogP contribution in [0.2, 0.25) is 0 Å². The zero-order chi connectivity index (χ0) is 13.8. The maximum Gasteiger partial charge on any atom is 0.255 e. The number of rotatable bonds is 3. The summed E-state index contributed by atoms with van der Waals surface area (Å²) in [6.45, 7) is 2.06. The molecule has 104 valence electrons. The van der Waals surface area contributed by atoms with Gasteiger partial charge in [0.1, 0.15) is 5.75 Å². The van der Waals surface area contributed by atoms with Gasteiger partial charge < -0.3 is 10.4 Å². The number of amides is 1. The van der Waals surface area contributed by atoms with Gasteiger partial charge in [0.25, 0.3) is 5.91 Å². The predicted octanol–water partition coefficient (Wildman–Crippen LogP) is 3.85. The van der Waals surface area contributed by atoms with E-state index in [-0.39, 0.29) is 17.7 Å². The fourth-order valence-electron chi connectivity index (χ4n) is 2.73. The molecule has 2 rings (SSSR count). The van der Waals surface area contributed by atoms with Gasteiger partial charge in [-0.2, -0.15) is 0 Å². The summed E-state index contributed by atoms with van der Waals surface area (Å²) in [6.07, 6.45) is 6.20. The van der Waals surface area contributed by atoms with Gasteiger partial charge in [-0.25, -0.2) is 0 Å². The highest BCUT2D eigenvalue weighted by molar-refractivity contribution is 9.10. The van der Waals surface area contributed by atoms with Crippen LogP contribution >= 0.6 is 15.9 Å². The summed E-state index contributed by atoms with van der Waals surface area (Å²) in [5, 5.41) is 12.8. The topological polar surface area (TPSA) is 49.3 Å². The number of aromatic hydroxyl groups is 1. The van der Waals surface area contributed by atoms with Crippen LogP contribution in [0.5, 0.6) is 5.75 Å². The maximum absolute atomic E-state index is 12.1. The van der Waals surface area contributed by atoms with Crippen LogP contribution in [0.3, 0.4) is 0 Å². The summed E-state index contributed by atoms with van der Waals surface area (Å²) in [5.41, 5.74) is 0.339. The van der Waals surface area contributed by atoms with E-state index < -0.39 is 0 Å². The van der Waals surface area contributed by atoms with Gasteiger partial charge in [0.15, 0.2) is 0 Å². The van der Waals surface area contributed by atoms with Crippen LogP contribution in [0, 0.1) is 5.92 Å². The number of carbonyl (C=O) groups excluding carboxylic acids is 1. The Kier molecular flexibility index (Phi) is 4.86. The van der Waals surface area contributed by atoms with E-state index in [2.05, 4.69) is 28.2 Å². The molecule has 19 heavy (non-hydrogen) atoms. The Morgan fingerprint density at radius 3 is 2.68 bits per heavy atom. The van der Waals surface area contributed by atoms with Crippen molar-refractivity contribution in [2.24, 2.45) is 5.92 Å². The van der Waals surface area contributed by atoms with Crippen molar-refractivity contribution in [3.8, 4) is 5.75 Å². The van der Waals surface area contributed by atoms with E-state index in [1.165, 1.54) is 32.1 Å². The lowest BCUT2D eigenvalue weighted by Crippen LogP contribution is -2.38. The molecule has 2 N–H and O–H groups in total. The van der Waals surface area contributed by atoms with Crippen molar-refractivity contribution in [1.29, 1.82) is 0 Å². The van der Waals surface area contributed by atoms with Gasteiger partial charge in [-0.05, 0) is 43.9 Å². The first-order chi connectivity index (χ1) is 9.08. The fourth-order valence-corrected chi connectivity index (χ4v) is 3.08. The molecule has 0 saturated heterocycles. The van der Waals surface area contributed by atoms with Crippen LogP contribution in [-0.4, -0.2) is 17.1 Å². The normalized spacial score (nSPS) is 18.0. The summed E-state index contributed by atoms with van der Waals surface area (Å²) in [5.74, 6) is 0.390. The predicted molar refractivity (Wildman–Crippen MR) is 79.3 cm³/mol. The highest BCUT2D eigenvalue weighted by Crippen LogP contribution is 2.27. The van der Waals surface area contributed by atoms with Crippen molar-refractivity contribution >= 4 is 21.8 Å². The molecule has 1 aromatic carbocycles. The Hall–Kier alpha value is -1.03. The van der Waals surface area contributed by atoms with Gasteiger partial charge >= 0.3 is 0 Å². The largest absolute Gasteiger partial charge is 0.507 e. The van der Waals surface area contributed by atoms with Gasteiger partial charge in [0.2, 0.25) is 0 Å². The van der Waals surface area contributed by atoms with Crippen molar-refractivity contribution in [2.45, 2.75) is 45.1 Å². The second-order valence-electron chi connectivity index (χ2n) is 5.32. The molecular formula is C15H20BrNO2. The molecule has 0 radical (unpaired) electrons. The van der Waals surface area contributed by atoms with Crippen molar-refractivity contribution in [3.63, 3.8) is 0 Å². The zero-order valence-corrected chi connectivity index (χ0v) is 12.7. The summed E-state index contributed by atoms with van der Waals surface area (Å²) in [6, 6.07) is 5.11. The first-order valence-electron chi connectivity index (χ1n) is 6.87. The molecule has 1 fully saturated rings. The summed E-state index contributed by atoms with van der Waals surface area (Å²) >= 11 is 3.27. The number of hydrogen-bond donors (Lipinski definition) is 2. The third-order valence-electron chi connectivity index (χ3n) is 3.92. The van der Waals surface area contributed by atoms with E-state index >= 15 is 0 Å². The van der Waals surface area contributed by atoms with Crippen LogP contribution in [0.15, 0.2) is 22.7 Å². The molecule has 3 nitrogen and oxygen atoms in total. The van der Waals surface area contributed by atoms with E-state index in [0.717, 1.165) is 4.47 Å². The molecule has 1 saturated carbocycles. The third kappa shape index (κ3) is 3.72. The van der Waals surface area contributed by atoms with Gasteiger partial charge in [-0.15, -0.1) is 0 Å². The molecule has 0 bridgehead atoms. The number of benzene rings is 1. The molecule has 1 aromatic rings. The van der Waals surface area contributed by atoms with Crippen molar-refractivity contribution in [1.82, 2.24) is 5.32 Å². The smallest absolute Gasteiger partial charge is 0.255 e. The number of phenolic OH excluding ortho intramolecular Hbond substituents is 1. The number of halogens is 1. The minimum atomic E-state index is -0.192. The Morgan fingerprint density at radius 2 is 2.05 bits per heavy atom. The van der Waals surface area contributed by atoms with Gasteiger partial charge in [-0.1, -0.05) is 35.2 Å². The average Bonchev–Trinajstić information content (AvgIpc) is 2.39. The van der Waals surface area contributed by atoms with Gasteiger partial charge in [0, 0.05) is 10.5 Å². The summed E-state index contributed by atoms with van der Waals surface area (Å²) in [4.78, 5) is 12.1. The van der Waals surface area contributed by atoms with E-state index in [9.17, 15) is 9.90 Å². The van der Waals surface area contributed by atoms with E-state index in [1.54, 1.807) is 18.2 Å². The monoisotopic (exact) mass is 325 g/mol. The molecule has 0 aromatic heterocycles. The van der Waals surface area contributed by atoms with Gasteiger partial charge in [0.05, 0.1) is 5.56 Å². The molecule has 1 aliphatic rings.